The highest BCUT2D eigenvalue weighted by Crippen LogP contribution is 2.40. The summed E-state index contributed by atoms with van der Waals surface area (Å²) in [6.07, 6.45) is 4.41. The Morgan fingerprint density at radius 1 is 0.500 bits per heavy atom. The standard InChI is InChI=1S/C43H33NO2/c1-4-31(27-28(2)3)44(32-23-19-29(20-24-32)34-13-9-17-40-42(34)36-11-5-7-15-38(36)45-40)33-25-21-30(22-26-33)35-14-10-18-41-43(35)37-12-6-8-16-39(37)46-41/h4-27H,1-3H3/b31-4+. The van der Waals surface area contributed by atoms with Crippen molar-refractivity contribution in [2.24, 2.45) is 0 Å². The van der Waals surface area contributed by atoms with Crippen LogP contribution in [0.1, 0.15) is 20.8 Å². The second kappa shape index (κ2) is 11.3. The van der Waals surface area contributed by atoms with Crippen LogP contribution in [0.3, 0.4) is 0 Å². The molecule has 46 heavy (non-hydrogen) atoms. The van der Waals surface area contributed by atoms with Crippen LogP contribution in [0.15, 0.2) is 166 Å². The molecular weight excluding hydrogens is 562 g/mol. The summed E-state index contributed by atoms with van der Waals surface area (Å²) in [5.74, 6) is 0. The van der Waals surface area contributed by atoms with Gasteiger partial charge in [-0.3, -0.25) is 0 Å². The molecule has 8 rings (SSSR count). The Labute approximate surface area is 268 Å². The molecule has 3 heteroatoms. The zero-order valence-electron chi connectivity index (χ0n) is 26.1. The molecule has 222 valence electrons. The lowest BCUT2D eigenvalue weighted by Gasteiger charge is -2.27. The first-order valence-corrected chi connectivity index (χ1v) is 15.7. The quantitative estimate of drug-likeness (QED) is 0.179. The minimum absolute atomic E-state index is 0.906. The predicted octanol–water partition coefficient (Wildman–Crippen LogP) is 12.8. The number of benzene rings is 6. The minimum atomic E-state index is 0.906. The molecule has 0 radical (unpaired) electrons. The number of rotatable bonds is 6. The van der Waals surface area contributed by atoms with Gasteiger partial charge in [-0.2, -0.15) is 0 Å². The molecule has 8 aromatic rings. The zero-order valence-corrected chi connectivity index (χ0v) is 26.1. The number of para-hydroxylation sites is 2. The summed E-state index contributed by atoms with van der Waals surface area (Å²) in [6, 6.07) is 46.8. The van der Waals surface area contributed by atoms with Crippen LogP contribution in [0.5, 0.6) is 0 Å². The number of fused-ring (bicyclic) bond motifs is 6. The molecule has 0 atom stereocenters. The van der Waals surface area contributed by atoms with Crippen LogP contribution in [-0.4, -0.2) is 0 Å². The molecule has 0 aliphatic heterocycles. The lowest BCUT2D eigenvalue weighted by molar-refractivity contribution is 0.668. The molecule has 0 unspecified atom stereocenters. The molecule has 2 heterocycles. The molecule has 0 bridgehead atoms. The van der Waals surface area contributed by atoms with Crippen LogP contribution >= 0.6 is 0 Å². The first-order valence-electron chi connectivity index (χ1n) is 15.7. The minimum Gasteiger partial charge on any atom is -0.456 e. The Kier molecular flexibility index (Phi) is 6.80. The van der Waals surface area contributed by atoms with Crippen LogP contribution in [-0.2, 0) is 0 Å². The van der Waals surface area contributed by atoms with Gasteiger partial charge in [0.1, 0.15) is 22.3 Å². The van der Waals surface area contributed by atoms with Crippen LogP contribution in [0, 0.1) is 0 Å². The van der Waals surface area contributed by atoms with Gasteiger partial charge in [-0.25, -0.2) is 0 Å². The molecule has 2 aromatic heterocycles. The van der Waals surface area contributed by atoms with Crippen molar-refractivity contribution in [3.05, 3.63) is 157 Å². The molecule has 3 nitrogen and oxygen atoms in total. The van der Waals surface area contributed by atoms with E-state index in [1.807, 2.05) is 36.4 Å². The maximum absolute atomic E-state index is 6.17. The van der Waals surface area contributed by atoms with Gasteiger partial charge >= 0.3 is 0 Å². The molecule has 0 N–H and O–H groups in total. The zero-order chi connectivity index (χ0) is 31.2. The second-order valence-electron chi connectivity index (χ2n) is 11.9. The summed E-state index contributed by atoms with van der Waals surface area (Å²) >= 11 is 0. The normalized spacial score (nSPS) is 11.9. The highest BCUT2D eigenvalue weighted by molar-refractivity contribution is 6.13. The number of nitrogens with zero attached hydrogens (tertiary/aromatic N) is 1. The molecule has 0 amide bonds. The van der Waals surface area contributed by atoms with E-state index in [1.165, 1.54) is 16.7 Å². The van der Waals surface area contributed by atoms with Crippen molar-refractivity contribution in [3.63, 3.8) is 0 Å². The van der Waals surface area contributed by atoms with Crippen LogP contribution in [0.4, 0.5) is 11.4 Å². The van der Waals surface area contributed by atoms with E-state index in [0.29, 0.717) is 0 Å². The molecular formula is C43H33NO2. The van der Waals surface area contributed by atoms with Crippen molar-refractivity contribution in [3.8, 4) is 22.3 Å². The molecule has 0 aliphatic carbocycles. The van der Waals surface area contributed by atoms with Crippen molar-refractivity contribution in [2.45, 2.75) is 20.8 Å². The fourth-order valence-corrected chi connectivity index (χ4v) is 6.63. The van der Waals surface area contributed by atoms with E-state index < -0.39 is 0 Å². The Bertz CT molecular complexity index is 2280. The van der Waals surface area contributed by atoms with Crippen molar-refractivity contribution in [1.29, 1.82) is 0 Å². The predicted molar refractivity (Wildman–Crippen MR) is 194 cm³/mol. The summed E-state index contributed by atoms with van der Waals surface area (Å²) in [5, 5.41) is 4.57. The third kappa shape index (κ3) is 4.69. The third-order valence-corrected chi connectivity index (χ3v) is 8.67. The number of furan rings is 2. The van der Waals surface area contributed by atoms with E-state index in [9.17, 15) is 0 Å². The van der Waals surface area contributed by atoms with Gasteiger partial charge in [-0.1, -0.05) is 96.6 Å². The Morgan fingerprint density at radius 2 is 0.935 bits per heavy atom. The van der Waals surface area contributed by atoms with Gasteiger partial charge in [-0.05, 0) is 97.6 Å². The lowest BCUT2D eigenvalue weighted by Crippen LogP contribution is -2.15. The lowest BCUT2D eigenvalue weighted by atomic mass is 9.98. The van der Waals surface area contributed by atoms with Crippen molar-refractivity contribution in [1.82, 2.24) is 0 Å². The van der Waals surface area contributed by atoms with Crippen LogP contribution in [0.2, 0.25) is 0 Å². The highest BCUT2D eigenvalue weighted by atomic mass is 16.3. The Hall–Kier alpha value is -5.80. The molecule has 0 spiro atoms. The molecule has 6 aromatic carbocycles. The first-order chi connectivity index (χ1) is 22.6. The largest absolute Gasteiger partial charge is 0.456 e. The van der Waals surface area contributed by atoms with Crippen LogP contribution in [0.25, 0.3) is 66.1 Å². The smallest absolute Gasteiger partial charge is 0.136 e. The summed E-state index contributed by atoms with van der Waals surface area (Å²) in [6.45, 7) is 6.37. The van der Waals surface area contributed by atoms with Gasteiger partial charge < -0.3 is 13.7 Å². The van der Waals surface area contributed by atoms with Gasteiger partial charge in [0.05, 0.1) is 0 Å². The summed E-state index contributed by atoms with van der Waals surface area (Å²) in [5.41, 5.74) is 12.8. The van der Waals surface area contributed by atoms with Crippen molar-refractivity contribution in [2.75, 3.05) is 4.90 Å². The molecule has 0 saturated carbocycles. The van der Waals surface area contributed by atoms with E-state index in [4.69, 9.17) is 8.83 Å². The van der Waals surface area contributed by atoms with E-state index in [1.54, 1.807) is 0 Å². The Balaban J connectivity index is 1.21. The number of hydrogen-bond acceptors (Lipinski definition) is 3. The Morgan fingerprint density at radius 3 is 1.37 bits per heavy atom. The number of allylic oxidation sites excluding steroid dienone is 3. The second-order valence-corrected chi connectivity index (χ2v) is 11.9. The van der Waals surface area contributed by atoms with E-state index in [-0.39, 0.29) is 0 Å². The monoisotopic (exact) mass is 595 g/mol. The molecule has 0 fully saturated rings. The van der Waals surface area contributed by atoms with Crippen LogP contribution < -0.4 is 4.90 Å². The number of hydrogen-bond donors (Lipinski definition) is 0. The van der Waals surface area contributed by atoms with Gasteiger partial charge in [0, 0.05) is 38.6 Å². The average molecular weight is 596 g/mol. The topological polar surface area (TPSA) is 29.5 Å². The number of anilines is 2. The average Bonchev–Trinajstić information content (AvgIpc) is 3.67. The maximum Gasteiger partial charge on any atom is 0.136 e. The van der Waals surface area contributed by atoms with Gasteiger partial charge in [-0.15, -0.1) is 0 Å². The fraction of sp³-hybridized carbons (Fsp3) is 0.0698. The van der Waals surface area contributed by atoms with E-state index >= 15 is 0 Å². The highest BCUT2D eigenvalue weighted by Gasteiger charge is 2.17. The van der Waals surface area contributed by atoms with Gasteiger partial charge in [0.2, 0.25) is 0 Å². The van der Waals surface area contributed by atoms with Crippen molar-refractivity contribution < 1.29 is 8.83 Å². The van der Waals surface area contributed by atoms with E-state index in [2.05, 4.69) is 135 Å². The van der Waals surface area contributed by atoms with Gasteiger partial charge in [0.25, 0.3) is 0 Å². The van der Waals surface area contributed by atoms with Gasteiger partial charge in [0.15, 0.2) is 0 Å². The van der Waals surface area contributed by atoms with Crippen molar-refractivity contribution >= 4 is 55.3 Å². The molecule has 0 aliphatic rings. The maximum atomic E-state index is 6.17. The first kappa shape index (κ1) is 27.7. The molecule has 0 saturated heterocycles. The fourth-order valence-electron chi connectivity index (χ4n) is 6.63. The SMILES string of the molecule is C/C=C(\C=C(C)C)N(c1ccc(-c2cccc3oc4ccccc4c23)cc1)c1ccc(-c2cccc3oc4ccccc4c23)cc1. The summed E-state index contributed by atoms with van der Waals surface area (Å²) in [7, 11) is 0. The summed E-state index contributed by atoms with van der Waals surface area (Å²) < 4.78 is 12.3. The van der Waals surface area contributed by atoms with E-state index in [0.717, 1.165) is 72.1 Å². The third-order valence-electron chi connectivity index (χ3n) is 8.67. The summed E-state index contributed by atoms with van der Waals surface area (Å²) in [4.78, 5) is 2.32.